The average Bonchev–Trinajstić information content (AvgIpc) is 2.97. The van der Waals surface area contributed by atoms with E-state index in [1.165, 1.54) is 6.20 Å². The van der Waals surface area contributed by atoms with Crippen LogP contribution in [0.2, 0.25) is 0 Å². The molecule has 1 aromatic carbocycles. The zero-order valence-electron chi connectivity index (χ0n) is 13.0. The molecule has 5 nitrogen and oxygen atoms in total. The maximum Gasteiger partial charge on any atom is 0.321 e. The second-order valence-corrected chi connectivity index (χ2v) is 5.40. The number of carbonyl (C=O) groups excluding carboxylic acids is 1. The fraction of sp³-hybridized carbons (Fsp3) is 0.294. The molecule has 1 aromatic heterocycles. The molecule has 0 bridgehead atoms. The maximum absolute atomic E-state index is 13.6. The van der Waals surface area contributed by atoms with E-state index in [-0.39, 0.29) is 11.8 Å². The fourth-order valence-electron chi connectivity index (χ4n) is 2.69. The molecular formula is C17H19FN4O. The molecule has 2 heterocycles. The summed E-state index contributed by atoms with van der Waals surface area (Å²) < 4.78 is 13.6. The van der Waals surface area contributed by atoms with Gasteiger partial charge in [-0.05, 0) is 37.1 Å². The first kappa shape index (κ1) is 15.3. The van der Waals surface area contributed by atoms with Gasteiger partial charge < -0.3 is 10.6 Å². The van der Waals surface area contributed by atoms with E-state index in [9.17, 15) is 9.18 Å². The van der Waals surface area contributed by atoms with Gasteiger partial charge in [0.1, 0.15) is 5.82 Å². The minimum Gasteiger partial charge on any atom is -0.381 e. The minimum atomic E-state index is -0.329. The third-order valence-electron chi connectivity index (χ3n) is 3.89. The molecule has 0 saturated heterocycles. The van der Waals surface area contributed by atoms with Gasteiger partial charge in [0, 0.05) is 37.1 Å². The van der Waals surface area contributed by atoms with Gasteiger partial charge >= 0.3 is 6.03 Å². The molecule has 23 heavy (non-hydrogen) atoms. The molecule has 0 unspecified atom stereocenters. The van der Waals surface area contributed by atoms with E-state index in [0.29, 0.717) is 25.2 Å². The third-order valence-corrected chi connectivity index (χ3v) is 3.89. The lowest BCUT2D eigenvalue weighted by Gasteiger charge is -2.18. The number of benzene rings is 1. The summed E-state index contributed by atoms with van der Waals surface area (Å²) in [5.74, 6) is -0.329. The molecule has 0 atom stereocenters. The summed E-state index contributed by atoms with van der Waals surface area (Å²) in [5, 5.41) is 6.02. The lowest BCUT2D eigenvalue weighted by Crippen LogP contribution is -2.38. The van der Waals surface area contributed by atoms with Crippen molar-refractivity contribution >= 4 is 17.4 Å². The first-order chi connectivity index (χ1) is 11.2. The molecular weight excluding hydrogens is 295 g/mol. The third kappa shape index (κ3) is 3.26. The number of urea groups is 1. The molecule has 120 valence electrons. The van der Waals surface area contributed by atoms with Crippen LogP contribution in [0.5, 0.6) is 0 Å². The van der Waals surface area contributed by atoms with Crippen molar-refractivity contribution in [1.29, 1.82) is 0 Å². The lowest BCUT2D eigenvalue weighted by molar-refractivity contribution is 0.247. The highest BCUT2D eigenvalue weighted by Crippen LogP contribution is 2.31. The molecule has 0 spiro atoms. The van der Waals surface area contributed by atoms with Crippen LogP contribution in [-0.4, -0.2) is 24.1 Å². The Morgan fingerprint density at radius 2 is 2.26 bits per heavy atom. The van der Waals surface area contributed by atoms with Gasteiger partial charge in [0.2, 0.25) is 0 Å². The van der Waals surface area contributed by atoms with E-state index in [1.807, 2.05) is 25.1 Å². The van der Waals surface area contributed by atoms with Crippen molar-refractivity contribution in [3.05, 3.63) is 53.6 Å². The van der Waals surface area contributed by atoms with Crippen LogP contribution >= 0.6 is 0 Å². The zero-order chi connectivity index (χ0) is 16.2. The van der Waals surface area contributed by atoms with Crippen LogP contribution in [0.3, 0.4) is 0 Å². The van der Waals surface area contributed by atoms with Crippen molar-refractivity contribution < 1.29 is 9.18 Å². The maximum atomic E-state index is 13.6. The van der Waals surface area contributed by atoms with E-state index < -0.39 is 0 Å². The molecule has 1 aliphatic rings. The van der Waals surface area contributed by atoms with Crippen LogP contribution in [0, 0.1) is 5.82 Å². The van der Waals surface area contributed by atoms with E-state index in [1.54, 1.807) is 17.2 Å². The van der Waals surface area contributed by atoms with Crippen LogP contribution in [0.1, 0.15) is 18.1 Å². The van der Waals surface area contributed by atoms with Crippen molar-refractivity contribution in [1.82, 2.24) is 10.3 Å². The first-order valence-electron chi connectivity index (χ1n) is 7.69. The van der Waals surface area contributed by atoms with E-state index in [4.69, 9.17) is 0 Å². The number of nitrogens with one attached hydrogen (secondary N) is 2. The lowest BCUT2D eigenvalue weighted by atomic mass is 10.1. The molecule has 0 radical (unpaired) electrons. The molecule has 0 aliphatic carbocycles. The number of carbonyl (C=O) groups is 1. The number of anilines is 2. The van der Waals surface area contributed by atoms with E-state index in [0.717, 1.165) is 23.4 Å². The Kier molecular flexibility index (Phi) is 4.41. The van der Waals surface area contributed by atoms with Crippen molar-refractivity contribution in [3.63, 3.8) is 0 Å². The average molecular weight is 314 g/mol. The summed E-state index contributed by atoms with van der Waals surface area (Å²) >= 11 is 0. The summed E-state index contributed by atoms with van der Waals surface area (Å²) in [6, 6.07) is 7.48. The number of halogens is 1. The Hall–Kier alpha value is -2.63. The molecule has 2 N–H and O–H groups in total. The highest BCUT2D eigenvalue weighted by Gasteiger charge is 2.24. The number of nitrogens with zero attached hydrogens (tertiary/aromatic N) is 2. The van der Waals surface area contributed by atoms with Gasteiger partial charge in [-0.2, -0.15) is 0 Å². The predicted octanol–water partition coefficient (Wildman–Crippen LogP) is 2.92. The Labute approximate surface area is 134 Å². The highest BCUT2D eigenvalue weighted by atomic mass is 19.1. The largest absolute Gasteiger partial charge is 0.381 e. The molecule has 3 rings (SSSR count). The summed E-state index contributed by atoms with van der Waals surface area (Å²) in [5.41, 5.74) is 3.48. The van der Waals surface area contributed by atoms with Gasteiger partial charge in [0.15, 0.2) is 0 Å². The van der Waals surface area contributed by atoms with E-state index in [2.05, 4.69) is 15.6 Å². The van der Waals surface area contributed by atoms with Gasteiger partial charge in [-0.1, -0.05) is 6.07 Å². The van der Waals surface area contributed by atoms with Crippen LogP contribution in [-0.2, 0) is 13.0 Å². The number of rotatable bonds is 4. The first-order valence-corrected chi connectivity index (χ1v) is 7.69. The van der Waals surface area contributed by atoms with Gasteiger partial charge in [-0.3, -0.25) is 9.88 Å². The summed E-state index contributed by atoms with van der Waals surface area (Å²) in [7, 11) is 0. The summed E-state index contributed by atoms with van der Waals surface area (Å²) in [4.78, 5) is 17.6. The number of aromatic nitrogens is 1. The highest BCUT2D eigenvalue weighted by molar-refractivity contribution is 5.94. The summed E-state index contributed by atoms with van der Waals surface area (Å²) in [6.45, 7) is 3.55. The van der Waals surface area contributed by atoms with Gasteiger partial charge in [-0.15, -0.1) is 0 Å². The van der Waals surface area contributed by atoms with Crippen LogP contribution in [0.15, 0.2) is 36.7 Å². The van der Waals surface area contributed by atoms with Gasteiger partial charge in [0.05, 0.1) is 11.9 Å². The molecule has 2 amide bonds. The standard InChI is InChI=1S/C17H19FN4O/c1-2-20-17(23)22-8-6-12-3-4-14(9-16(12)22)21-10-13-5-7-19-11-15(13)18/h3-5,7,9,11,21H,2,6,8,10H2,1H3,(H,20,23). The van der Waals surface area contributed by atoms with Crippen molar-refractivity contribution in [2.24, 2.45) is 0 Å². The van der Waals surface area contributed by atoms with Gasteiger partial charge in [-0.25, -0.2) is 9.18 Å². The molecule has 1 aliphatic heterocycles. The number of pyridine rings is 1. The zero-order valence-corrected chi connectivity index (χ0v) is 13.0. The molecule has 0 saturated carbocycles. The monoisotopic (exact) mass is 314 g/mol. The molecule has 2 aromatic rings. The predicted molar refractivity (Wildman–Crippen MR) is 88.1 cm³/mol. The Balaban J connectivity index is 1.74. The SMILES string of the molecule is CCNC(=O)N1CCc2ccc(NCc3ccncc3F)cc21. The van der Waals surface area contributed by atoms with E-state index >= 15 is 0 Å². The number of fused-ring (bicyclic) bond motifs is 1. The van der Waals surface area contributed by atoms with Crippen LogP contribution in [0.25, 0.3) is 0 Å². The van der Waals surface area contributed by atoms with Crippen LogP contribution in [0.4, 0.5) is 20.6 Å². The minimum absolute atomic E-state index is 0.0800. The van der Waals surface area contributed by atoms with Gasteiger partial charge in [0.25, 0.3) is 0 Å². The fourth-order valence-corrected chi connectivity index (χ4v) is 2.69. The normalized spacial score (nSPS) is 12.9. The second kappa shape index (κ2) is 6.64. The number of hydrogen-bond acceptors (Lipinski definition) is 3. The topological polar surface area (TPSA) is 57.3 Å². The Morgan fingerprint density at radius 3 is 3.04 bits per heavy atom. The quantitative estimate of drug-likeness (QED) is 0.912. The Morgan fingerprint density at radius 1 is 1.39 bits per heavy atom. The number of amides is 2. The van der Waals surface area contributed by atoms with Crippen molar-refractivity contribution in [2.45, 2.75) is 19.9 Å². The van der Waals surface area contributed by atoms with Crippen molar-refractivity contribution in [3.8, 4) is 0 Å². The van der Waals surface area contributed by atoms with Crippen molar-refractivity contribution in [2.75, 3.05) is 23.3 Å². The van der Waals surface area contributed by atoms with Crippen LogP contribution < -0.4 is 15.5 Å². The summed E-state index contributed by atoms with van der Waals surface area (Å²) in [6.07, 6.45) is 3.63. The smallest absolute Gasteiger partial charge is 0.321 e. The molecule has 6 heteroatoms. The molecule has 0 fully saturated rings. The second-order valence-electron chi connectivity index (χ2n) is 5.40. The Bertz CT molecular complexity index is 719. The number of hydrogen-bond donors (Lipinski definition) is 2.